The van der Waals surface area contributed by atoms with Crippen molar-refractivity contribution >= 4 is 12.0 Å². The van der Waals surface area contributed by atoms with Crippen LogP contribution in [0.25, 0.3) is 6.08 Å². The molecule has 0 atom stereocenters. The van der Waals surface area contributed by atoms with Gasteiger partial charge in [0.1, 0.15) is 0 Å². The Hall–Kier alpha value is -2.19. The third-order valence-electron chi connectivity index (χ3n) is 4.41. The highest BCUT2D eigenvalue weighted by Gasteiger charge is 2.28. The number of carbonyl (C=O) groups excluding carboxylic acids is 1. The molecule has 1 aliphatic rings. The van der Waals surface area contributed by atoms with Gasteiger partial charge in [0.2, 0.25) is 5.91 Å². The predicted octanol–water partition coefficient (Wildman–Crippen LogP) is 2.54. The van der Waals surface area contributed by atoms with Crippen LogP contribution in [0, 0.1) is 0 Å². The van der Waals surface area contributed by atoms with Crippen molar-refractivity contribution < 1.29 is 27.8 Å². The highest BCUT2D eigenvalue weighted by molar-refractivity contribution is 5.92. The maximum atomic E-state index is 12.6. The van der Waals surface area contributed by atoms with Crippen molar-refractivity contribution in [3.8, 4) is 11.5 Å². The Kier molecular flexibility index (Phi) is 7.55. The Morgan fingerprint density at radius 1 is 1.37 bits per heavy atom. The molecule has 1 amide bonds. The first-order valence-electron chi connectivity index (χ1n) is 8.74. The Morgan fingerprint density at radius 3 is 2.70 bits per heavy atom. The van der Waals surface area contributed by atoms with Crippen LogP contribution in [0.1, 0.15) is 19.4 Å². The lowest BCUT2D eigenvalue weighted by atomic mass is 10.0. The molecule has 1 aromatic rings. The predicted molar refractivity (Wildman–Crippen MR) is 98.1 cm³/mol. The van der Waals surface area contributed by atoms with Crippen molar-refractivity contribution in [2.24, 2.45) is 0 Å². The summed E-state index contributed by atoms with van der Waals surface area (Å²) in [5, 5.41) is 2.85. The van der Waals surface area contributed by atoms with Crippen LogP contribution >= 0.6 is 0 Å². The molecule has 0 aromatic heterocycles. The lowest BCUT2D eigenvalue weighted by Gasteiger charge is -2.40. The van der Waals surface area contributed by atoms with Gasteiger partial charge in [0.15, 0.2) is 11.5 Å². The van der Waals surface area contributed by atoms with Gasteiger partial charge in [-0.1, -0.05) is 12.1 Å². The summed E-state index contributed by atoms with van der Waals surface area (Å²) < 4.78 is 40.2. The molecule has 27 heavy (non-hydrogen) atoms. The summed E-state index contributed by atoms with van der Waals surface area (Å²) in [6, 6.07) is 4.72. The third kappa shape index (κ3) is 6.18. The summed E-state index contributed by atoms with van der Waals surface area (Å²) in [6.07, 6.45) is 2.72. The quantitative estimate of drug-likeness (QED) is 0.698. The van der Waals surface area contributed by atoms with Crippen LogP contribution < -0.4 is 14.8 Å². The summed E-state index contributed by atoms with van der Waals surface area (Å²) in [5.74, 6) is -0.249. The van der Waals surface area contributed by atoms with Gasteiger partial charge in [-0.15, -0.1) is 0 Å². The van der Waals surface area contributed by atoms with Crippen molar-refractivity contribution in [1.82, 2.24) is 10.2 Å². The van der Waals surface area contributed by atoms with Gasteiger partial charge in [0, 0.05) is 36.8 Å². The molecule has 1 saturated heterocycles. The second-order valence-corrected chi connectivity index (χ2v) is 6.72. The topological polar surface area (TPSA) is 60.0 Å². The molecule has 1 fully saturated rings. The highest BCUT2D eigenvalue weighted by atomic mass is 19.3. The minimum atomic E-state index is -2.99. The zero-order valence-electron chi connectivity index (χ0n) is 15.8. The highest BCUT2D eigenvalue weighted by Crippen LogP contribution is 2.33. The molecule has 6 nitrogen and oxygen atoms in total. The Bertz CT molecular complexity index is 659. The fourth-order valence-corrected chi connectivity index (χ4v) is 2.85. The zero-order chi connectivity index (χ0) is 19.9. The summed E-state index contributed by atoms with van der Waals surface area (Å²) in [5.41, 5.74) is 0.116. The van der Waals surface area contributed by atoms with E-state index in [1.807, 2.05) is 0 Å². The van der Waals surface area contributed by atoms with Crippen LogP contribution in [0.15, 0.2) is 24.3 Å². The number of morpholine rings is 1. The number of hydrogen-bond donors (Lipinski definition) is 1. The number of benzene rings is 1. The maximum Gasteiger partial charge on any atom is 0.387 e. The average molecular weight is 384 g/mol. The molecule has 0 saturated carbocycles. The molecule has 8 heteroatoms. The summed E-state index contributed by atoms with van der Waals surface area (Å²) in [7, 11) is 1.36. The lowest BCUT2D eigenvalue weighted by molar-refractivity contribution is -0.117. The van der Waals surface area contributed by atoms with Gasteiger partial charge < -0.3 is 19.5 Å². The van der Waals surface area contributed by atoms with Crippen molar-refractivity contribution in [2.45, 2.75) is 26.0 Å². The summed E-state index contributed by atoms with van der Waals surface area (Å²) in [6.45, 7) is 4.57. The van der Waals surface area contributed by atoms with E-state index in [-0.39, 0.29) is 22.9 Å². The zero-order valence-corrected chi connectivity index (χ0v) is 15.8. The van der Waals surface area contributed by atoms with Crippen LogP contribution in [0.3, 0.4) is 0 Å². The first kappa shape index (κ1) is 21.1. The maximum absolute atomic E-state index is 12.6. The van der Waals surface area contributed by atoms with E-state index in [0.717, 1.165) is 13.1 Å². The molecular weight excluding hydrogens is 358 g/mol. The lowest BCUT2D eigenvalue weighted by Crippen LogP contribution is -2.55. The molecule has 150 valence electrons. The number of nitrogens with zero attached hydrogens (tertiary/aromatic N) is 1. The number of nitrogens with one attached hydrogen (secondary N) is 1. The molecule has 0 unspecified atom stereocenters. The van der Waals surface area contributed by atoms with Crippen LogP contribution in [-0.2, 0) is 9.53 Å². The number of para-hydroxylation sites is 1. The fraction of sp³-hybridized carbons (Fsp3) is 0.526. The standard InChI is InChI=1S/C19H26F2N2O4/c1-19(2,23-9-11-26-12-10-23)13-22-16(24)8-7-14-5-4-6-15(25-3)17(14)27-18(20)21/h4-8,18H,9-13H2,1-3H3,(H,22,24)/b8-7+. The SMILES string of the molecule is COc1cccc(/C=C/C(=O)NCC(C)(C)N2CCOCC2)c1OC(F)F. The van der Waals surface area contributed by atoms with E-state index in [4.69, 9.17) is 9.47 Å². The van der Waals surface area contributed by atoms with E-state index in [0.29, 0.717) is 25.3 Å². The van der Waals surface area contributed by atoms with Crippen molar-refractivity contribution in [1.29, 1.82) is 0 Å². The van der Waals surface area contributed by atoms with Crippen LogP contribution in [0.2, 0.25) is 0 Å². The molecule has 1 aliphatic heterocycles. The van der Waals surface area contributed by atoms with Gasteiger partial charge in [-0.2, -0.15) is 8.78 Å². The molecule has 0 radical (unpaired) electrons. The monoisotopic (exact) mass is 384 g/mol. The molecule has 0 spiro atoms. The number of hydrogen-bond acceptors (Lipinski definition) is 5. The van der Waals surface area contributed by atoms with Crippen molar-refractivity contribution in [3.63, 3.8) is 0 Å². The second kappa shape index (κ2) is 9.66. The minimum absolute atomic E-state index is 0.104. The summed E-state index contributed by atoms with van der Waals surface area (Å²) in [4.78, 5) is 14.4. The summed E-state index contributed by atoms with van der Waals surface area (Å²) >= 11 is 0. The number of ether oxygens (including phenoxy) is 3. The Balaban J connectivity index is 2.00. The molecule has 1 heterocycles. The van der Waals surface area contributed by atoms with Crippen molar-refractivity contribution in [3.05, 3.63) is 29.8 Å². The molecular formula is C19H26F2N2O4. The van der Waals surface area contributed by atoms with E-state index in [2.05, 4.69) is 28.8 Å². The van der Waals surface area contributed by atoms with E-state index >= 15 is 0 Å². The van der Waals surface area contributed by atoms with Gasteiger partial charge in [-0.25, -0.2) is 0 Å². The minimum Gasteiger partial charge on any atom is -0.493 e. The molecule has 0 aliphatic carbocycles. The first-order valence-corrected chi connectivity index (χ1v) is 8.74. The Labute approximate surface area is 158 Å². The Morgan fingerprint density at radius 2 is 2.07 bits per heavy atom. The van der Waals surface area contributed by atoms with E-state index < -0.39 is 6.61 Å². The van der Waals surface area contributed by atoms with Gasteiger partial charge in [-0.3, -0.25) is 9.69 Å². The van der Waals surface area contributed by atoms with Gasteiger partial charge in [0.05, 0.1) is 20.3 Å². The van der Waals surface area contributed by atoms with Crippen molar-refractivity contribution in [2.75, 3.05) is 40.0 Å². The van der Waals surface area contributed by atoms with E-state index in [1.165, 1.54) is 25.3 Å². The van der Waals surface area contributed by atoms with Crippen LogP contribution in [0.5, 0.6) is 11.5 Å². The molecule has 2 rings (SSSR count). The number of alkyl halides is 2. The van der Waals surface area contributed by atoms with Gasteiger partial charge in [0.25, 0.3) is 0 Å². The molecule has 1 aromatic carbocycles. The smallest absolute Gasteiger partial charge is 0.387 e. The number of rotatable bonds is 8. The molecule has 0 bridgehead atoms. The van der Waals surface area contributed by atoms with Crippen LogP contribution in [-0.4, -0.2) is 62.9 Å². The van der Waals surface area contributed by atoms with Crippen LogP contribution in [0.4, 0.5) is 8.78 Å². The third-order valence-corrected chi connectivity index (χ3v) is 4.41. The molecule has 1 N–H and O–H groups in total. The first-order chi connectivity index (χ1) is 12.8. The normalized spacial score (nSPS) is 15.9. The largest absolute Gasteiger partial charge is 0.493 e. The van der Waals surface area contributed by atoms with Gasteiger partial charge >= 0.3 is 6.61 Å². The second-order valence-electron chi connectivity index (χ2n) is 6.72. The fourth-order valence-electron chi connectivity index (χ4n) is 2.85. The van der Waals surface area contributed by atoms with E-state index in [9.17, 15) is 13.6 Å². The van der Waals surface area contributed by atoms with E-state index in [1.54, 1.807) is 12.1 Å². The number of halogens is 2. The average Bonchev–Trinajstić information content (AvgIpc) is 2.66. The number of carbonyl (C=O) groups is 1. The van der Waals surface area contributed by atoms with Gasteiger partial charge in [-0.05, 0) is 26.0 Å². The number of methoxy groups -OCH3 is 1. The number of amides is 1.